The number of alkyl carbamates (subject to hydrolysis) is 2. The second-order valence-corrected chi connectivity index (χ2v) is 20.8. The van der Waals surface area contributed by atoms with Crippen molar-refractivity contribution < 1.29 is 52.5 Å². The molecule has 72 heavy (non-hydrogen) atoms. The quantitative estimate of drug-likeness (QED) is 0.0313. The van der Waals surface area contributed by atoms with Gasteiger partial charge in [0.1, 0.15) is 17.7 Å². The lowest BCUT2D eigenvalue weighted by Gasteiger charge is -2.29. The fourth-order valence-corrected chi connectivity index (χ4v) is 8.96. The Morgan fingerprint density at radius 3 is 2.01 bits per heavy atom. The highest BCUT2D eigenvalue weighted by molar-refractivity contribution is 6.23. The van der Waals surface area contributed by atoms with Gasteiger partial charge >= 0.3 is 12.2 Å². The average molecular weight is 1010 g/mol. The molecular formula is C56H87N5O11. The van der Waals surface area contributed by atoms with Gasteiger partial charge in [-0.25, -0.2) is 9.59 Å². The van der Waals surface area contributed by atoms with Gasteiger partial charge in [0.25, 0.3) is 0 Å². The Morgan fingerprint density at radius 2 is 1.39 bits per heavy atom. The van der Waals surface area contributed by atoms with Gasteiger partial charge in [0.2, 0.25) is 40.8 Å². The van der Waals surface area contributed by atoms with E-state index in [1.807, 2.05) is 77.1 Å². The van der Waals surface area contributed by atoms with Crippen molar-refractivity contribution in [3.63, 3.8) is 0 Å². The van der Waals surface area contributed by atoms with Gasteiger partial charge in [-0.15, -0.1) is 0 Å². The SMILES string of the molecule is COC1=C(OC)C(=O)C(CCCCCCCCCCOC(=O)NCCCC[C@H](NC(=O)[C@@H]2CCCN2C(=O)[C@H](/C=C/[C@H](CC(C)C)NC(=O)OC(C)(C)C)CCc2ccccc2)C(=O)NC(C)C)=C(C)C1=O. The molecule has 0 radical (unpaired) electrons. The molecule has 0 spiro atoms. The number of carbonyl (C=O) groups excluding carboxylic acids is 7. The summed E-state index contributed by atoms with van der Waals surface area (Å²) in [6, 6.07) is 7.83. The molecule has 1 saturated heterocycles. The van der Waals surface area contributed by atoms with Gasteiger partial charge in [-0.05, 0) is 124 Å². The molecule has 0 bridgehead atoms. The topological polar surface area (TPSA) is 208 Å². The Balaban J connectivity index is 1.45. The summed E-state index contributed by atoms with van der Waals surface area (Å²) in [6.07, 6.45) is 15.1. The van der Waals surface area contributed by atoms with Crippen molar-refractivity contribution in [2.75, 3.05) is 33.9 Å². The molecule has 0 unspecified atom stereocenters. The largest absolute Gasteiger partial charge is 0.489 e. The maximum atomic E-state index is 14.5. The molecule has 1 aromatic carbocycles. The highest BCUT2D eigenvalue weighted by Crippen LogP contribution is 2.29. The van der Waals surface area contributed by atoms with Gasteiger partial charge in [0.15, 0.2) is 0 Å². The van der Waals surface area contributed by atoms with Crippen LogP contribution in [0.4, 0.5) is 9.59 Å². The van der Waals surface area contributed by atoms with Gasteiger partial charge < -0.3 is 45.1 Å². The second kappa shape index (κ2) is 31.7. The predicted molar refractivity (Wildman–Crippen MR) is 278 cm³/mol. The third-order valence-electron chi connectivity index (χ3n) is 12.6. The van der Waals surface area contributed by atoms with Crippen LogP contribution in [0, 0.1) is 11.8 Å². The van der Waals surface area contributed by atoms with E-state index in [0.29, 0.717) is 88.6 Å². The normalized spacial score (nSPS) is 16.5. The molecule has 1 aliphatic carbocycles. The number of benzene rings is 1. The monoisotopic (exact) mass is 1010 g/mol. The van der Waals surface area contributed by atoms with E-state index in [2.05, 4.69) is 35.1 Å². The number of rotatable bonds is 31. The number of hydrogen-bond acceptors (Lipinski definition) is 11. The zero-order chi connectivity index (χ0) is 53.2. The molecule has 0 aromatic heterocycles. The summed E-state index contributed by atoms with van der Waals surface area (Å²) in [5.74, 6) is -1.82. The Morgan fingerprint density at radius 1 is 0.750 bits per heavy atom. The number of amides is 5. The number of nitrogens with zero attached hydrogens (tertiary/aromatic N) is 1. The summed E-state index contributed by atoms with van der Waals surface area (Å²) < 4.78 is 21.2. The Labute approximate surface area is 429 Å². The molecule has 1 aliphatic heterocycles. The molecule has 3 rings (SSSR count). The van der Waals surface area contributed by atoms with Crippen molar-refractivity contribution in [3.8, 4) is 0 Å². The van der Waals surface area contributed by atoms with E-state index >= 15 is 0 Å². The molecule has 402 valence electrons. The van der Waals surface area contributed by atoms with Crippen LogP contribution < -0.4 is 21.3 Å². The minimum absolute atomic E-state index is 0.0271. The lowest BCUT2D eigenvalue weighted by Crippen LogP contribution is -2.54. The number of allylic oxidation sites excluding steroid dienone is 2. The van der Waals surface area contributed by atoms with Crippen LogP contribution in [-0.4, -0.2) is 110 Å². The lowest BCUT2D eigenvalue weighted by molar-refractivity contribution is -0.141. The van der Waals surface area contributed by atoms with Crippen molar-refractivity contribution in [1.82, 2.24) is 26.2 Å². The third-order valence-corrected chi connectivity index (χ3v) is 12.6. The molecule has 0 saturated carbocycles. The molecule has 4 atom stereocenters. The highest BCUT2D eigenvalue weighted by Gasteiger charge is 2.38. The van der Waals surface area contributed by atoms with E-state index in [4.69, 9.17) is 18.9 Å². The smallest absolute Gasteiger partial charge is 0.408 e. The molecule has 1 aromatic rings. The first-order valence-electron chi connectivity index (χ1n) is 26.4. The molecule has 1 fully saturated rings. The predicted octanol–water partition coefficient (Wildman–Crippen LogP) is 9.11. The van der Waals surface area contributed by atoms with Crippen LogP contribution in [0.3, 0.4) is 0 Å². The maximum Gasteiger partial charge on any atom is 0.408 e. The van der Waals surface area contributed by atoms with Crippen molar-refractivity contribution in [1.29, 1.82) is 0 Å². The first kappa shape index (κ1) is 60.6. The molecule has 16 heteroatoms. The van der Waals surface area contributed by atoms with Crippen LogP contribution in [0.2, 0.25) is 0 Å². The lowest BCUT2D eigenvalue weighted by atomic mass is 9.89. The second-order valence-electron chi connectivity index (χ2n) is 20.8. The first-order valence-corrected chi connectivity index (χ1v) is 26.4. The standard InChI is InChI=1S/C56H87N5O11/c1-38(2)37-43(59-55(68)72-56(6,7)8)33-32-42(31-30-41-25-18-17-19-26-41)53(66)61-35-24-29-46(61)52(65)60-45(51(64)58-39(3)4)28-21-22-34-57-54(67)71-36-23-16-14-12-11-13-15-20-27-44-40(5)47(62)49(69-9)50(70-10)48(44)63/h17-19,25-26,32-33,38-39,42-43,45-46H,11-16,20-24,27-31,34-37H2,1-10H3,(H,57,67)(H,58,64)(H,59,68)(H,60,65)/b33-32+/t42-,43+,45-,46-/m0/s1. The van der Waals surface area contributed by atoms with E-state index in [0.717, 1.165) is 56.9 Å². The number of ether oxygens (including phenoxy) is 4. The van der Waals surface area contributed by atoms with E-state index in [1.54, 1.807) is 11.8 Å². The Bertz CT molecular complexity index is 2020. The number of aryl methyl sites for hydroxylation is 1. The fraction of sp³-hybridized carbons (Fsp3) is 0.661. The number of ketones is 2. The third kappa shape index (κ3) is 21.6. The van der Waals surface area contributed by atoms with E-state index in [9.17, 15) is 33.6 Å². The number of methoxy groups -OCH3 is 2. The molecule has 16 nitrogen and oxygen atoms in total. The first-order chi connectivity index (χ1) is 34.3. The summed E-state index contributed by atoms with van der Waals surface area (Å²) in [6.45, 7) is 16.0. The van der Waals surface area contributed by atoms with E-state index in [1.165, 1.54) is 14.2 Å². The fourth-order valence-electron chi connectivity index (χ4n) is 8.96. The minimum atomic E-state index is -0.831. The average Bonchev–Trinajstić information content (AvgIpc) is 3.82. The number of likely N-dealkylation sites (tertiary alicyclic amines) is 1. The van der Waals surface area contributed by atoms with Gasteiger partial charge in [-0.1, -0.05) is 94.9 Å². The van der Waals surface area contributed by atoms with Crippen LogP contribution in [0.5, 0.6) is 0 Å². The van der Waals surface area contributed by atoms with Crippen LogP contribution in [0.1, 0.15) is 164 Å². The van der Waals surface area contributed by atoms with Crippen molar-refractivity contribution in [2.45, 2.75) is 194 Å². The van der Waals surface area contributed by atoms with Gasteiger partial charge in [0.05, 0.1) is 32.8 Å². The highest BCUT2D eigenvalue weighted by atomic mass is 16.6. The maximum absolute atomic E-state index is 14.5. The molecular weight excluding hydrogens is 919 g/mol. The summed E-state index contributed by atoms with van der Waals surface area (Å²) in [5.41, 5.74) is 1.34. The molecule has 2 aliphatic rings. The number of hydrogen-bond donors (Lipinski definition) is 4. The van der Waals surface area contributed by atoms with Crippen LogP contribution in [-0.2, 0) is 49.3 Å². The zero-order valence-corrected chi connectivity index (χ0v) is 45.1. The molecule has 4 N–H and O–H groups in total. The van der Waals surface area contributed by atoms with Gasteiger partial charge in [0, 0.05) is 30.3 Å². The number of nitrogens with one attached hydrogen (secondary N) is 4. The van der Waals surface area contributed by atoms with Crippen LogP contribution in [0.15, 0.2) is 65.1 Å². The summed E-state index contributed by atoms with van der Waals surface area (Å²) in [4.78, 5) is 94.2. The van der Waals surface area contributed by atoms with Crippen LogP contribution >= 0.6 is 0 Å². The van der Waals surface area contributed by atoms with Crippen LogP contribution in [0.25, 0.3) is 0 Å². The molecule has 5 amide bonds. The van der Waals surface area contributed by atoms with Crippen molar-refractivity contribution >= 4 is 41.5 Å². The summed E-state index contributed by atoms with van der Waals surface area (Å²) >= 11 is 0. The Kier molecular flexibility index (Phi) is 26.7. The Hall–Kier alpha value is -5.67. The van der Waals surface area contributed by atoms with Gasteiger partial charge in [-0.2, -0.15) is 0 Å². The molecule has 1 heterocycles. The van der Waals surface area contributed by atoms with Crippen molar-refractivity contribution in [2.24, 2.45) is 11.8 Å². The van der Waals surface area contributed by atoms with E-state index < -0.39 is 35.8 Å². The number of Topliss-reactive ketones (excluding diaryl/α,β-unsaturated/α-hetero) is 2. The summed E-state index contributed by atoms with van der Waals surface area (Å²) in [5, 5.41) is 11.6. The van der Waals surface area contributed by atoms with Crippen molar-refractivity contribution in [3.05, 3.63) is 70.7 Å². The summed E-state index contributed by atoms with van der Waals surface area (Å²) in [7, 11) is 2.72. The number of carbonyl (C=O) groups is 7. The van der Waals surface area contributed by atoms with Gasteiger partial charge in [-0.3, -0.25) is 24.0 Å². The zero-order valence-electron chi connectivity index (χ0n) is 45.1. The minimum Gasteiger partial charge on any atom is -0.489 e. The van der Waals surface area contributed by atoms with E-state index in [-0.39, 0.29) is 58.8 Å². The number of unbranched alkanes of at least 4 members (excludes halogenated alkanes) is 8.